The number of anilines is 2. The molecule has 0 radical (unpaired) electrons. The highest BCUT2D eigenvalue weighted by molar-refractivity contribution is 7.20. The van der Waals surface area contributed by atoms with E-state index in [1.54, 1.807) is 18.5 Å². The van der Waals surface area contributed by atoms with Crippen LogP contribution in [0.15, 0.2) is 30.6 Å². The van der Waals surface area contributed by atoms with Gasteiger partial charge in [-0.25, -0.2) is 14.4 Å². The van der Waals surface area contributed by atoms with Crippen LogP contribution in [0.3, 0.4) is 0 Å². The van der Waals surface area contributed by atoms with E-state index in [2.05, 4.69) is 28.7 Å². The molecule has 1 fully saturated rings. The van der Waals surface area contributed by atoms with Crippen molar-refractivity contribution in [1.29, 1.82) is 0 Å². The highest BCUT2D eigenvalue weighted by Gasteiger charge is 2.27. The van der Waals surface area contributed by atoms with Gasteiger partial charge in [-0.2, -0.15) is 0 Å². The number of fused-ring (bicyclic) bond motifs is 1. The number of hydrogen-bond donors (Lipinski definition) is 0. The largest absolute Gasteiger partial charge is 0.366 e. The lowest BCUT2D eigenvalue weighted by molar-refractivity contribution is 0.0751. The summed E-state index contributed by atoms with van der Waals surface area (Å²) >= 11 is 1.44. The van der Waals surface area contributed by atoms with E-state index in [9.17, 15) is 9.18 Å². The molecule has 0 saturated carbocycles. The molecule has 0 N–H and O–H groups in total. The summed E-state index contributed by atoms with van der Waals surface area (Å²) in [6.45, 7) is 10.2. The smallest absolute Gasteiger partial charge is 0.264 e. The molecule has 158 valence electrons. The van der Waals surface area contributed by atoms with Crippen molar-refractivity contribution < 1.29 is 9.18 Å². The maximum absolute atomic E-state index is 14.1. The van der Waals surface area contributed by atoms with Crippen LogP contribution in [0.2, 0.25) is 0 Å². The number of piperazine rings is 1. The standard InChI is InChI=1S/C22H26FN5OS/c1-4-26(5-2)20-18-15(3)19(30-21(18)25-14-24-20)22(29)28-12-10-27(11-13-28)17-9-7-6-8-16(17)23/h6-9,14H,4-5,10-13H2,1-3H3. The molecule has 1 saturated heterocycles. The van der Waals surface area contributed by atoms with Gasteiger partial charge in [-0.1, -0.05) is 12.1 Å². The second kappa shape index (κ2) is 8.55. The van der Waals surface area contributed by atoms with E-state index in [1.807, 2.05) is 22.8 Å². The fourth-order valence-electron chi connectivity index (χ4n) is 4.02. The Kier molecular flexibility index (Phi) is 5.85. The highest BCUT2D eigenvalue weighted by atomic mass is 32.1. The predicted molar refractivity (Wildman–Crippen MR) is 120 cm³/mol. The van der Waals surface area contributed by atoms with E-state index in [-0.39, 0.29) is 11.7 Å². The molecule has 6 nitrogen and oxygen atoms in total. The molecule has 1 amide bonds. The van der Waals surface area contributed by atoms with Crippen LogP contribution < -0.4 is 9.80 Å². The Hall–Kier alpha value is -2.74. The van der Waals surface area contributed by atoms with Crippen LogP contribution in [-0.2, 0) is 0 Å². The molecule has 30 heavy (non-hydrogen) atoms. The maximum atomic E-state index is 14.1. The Morgan fingerprint density at radius 1 is 1.13 bits per heavy atom. The number of nitrogens with zero attached hydrogens (tertiary/aromatic N) is 5. The fraction of sp³-hybridized carbons (Fsp3) is 0.409. The fourth-order valence-corrected chi connectivity index (χ4v) is 5.13. The number of thiophene rings is 1. The minimum atomic E-state index is -0.222. The first kappa shape index (κ1) is 20.5. The zero-order valence-electron chi connectivity index (χ0n) is 17.6. The number of carbonyl (C=O) groups is 1. The first-order valence-electron chi connectivity index (χ1n) is 10.3. The Morgan fingerprint density at radius 3 is 2.50 bits per heavy atom. The zero-order chi connectivity index (χ0) is 21.3. The average molecular weight is 428 g/mol. The quantitative estimate of drug-likeness (QED) is 0.617. The molecule has 1 aromatic carbocycles. The second-order valence-corrected chi connectivity index (χ2v) is 8.34. The molecule has 2 aromatic heterocycles. The third-order valence-electron chi connectivity index (χ3n) is 5.72. The lowest BCUT2D eigenvalue weighted by Gasteiger charge is -2.36. The molecule has 1 aliphatic rings. The summed E-state index contributed by atoms with van der Waals surface area (Å²) in [5, 5.41) is 0.972. The normalized spacial score (nSPS) is 14.4. The van der Waals surface area contributed by atoms with Crippen molar-refractivity contribution in [3.8, 4) is 0 Å². The summed E-state index contributed by atoms with van der Waals surface area (Å²) in [6.07, 6.45) is 1.58. The van der Waals surface area contributed by atoms with Crippen molar-refractivity contribution in [2.24, 2.45) is 0 Å². The molecule has 0 bridgehead atoms. The molecule has 1 aliphatic heterocycles. The Bertz CT molecular complexity index is 1060. The van der Waals surface area contributed by atoms with Crippen molar-refractivity contribution in [1.82, 2.24) is 14.9 Å². The van der Waals surface area contributed by atoms with E-state index < -0.39 is 0 Å². The van der Waals surface area contributed by atoms with Gasteiger partial charge in [0, 0.05) is 39.3 Å². The Morgan fingerprint density at radius 2 is 1.83 bits per heavy atom. The average Bonchev–Trinajstić information content (AvgIpc) is 3.12. The van der Waals surface area contributed by atoms with Gasteiger partial charge < -0.3 is 14.7 Å². The van der Waals surface area contributed by atoms with Gasteiger partial charge in [0.05, 0.1) is 16.0 Å². The van der Waals surface area contributed by atoms with Crippen LogP contribution in [0.5, 0.6) is 0 Å². The van der Waals surface area contributed by atoms with Gasteiger partial charge in [-0.15, -0.1) is 11.3 Å². The molecule has 8 heteroatoms. The van der Waals surface area contributed by atoms with Crippen LogP contribution in [0.1, 0.15) is 29.1 Å². The van der Waals surface area contributed by atoms with Gasteiger partial charge in [0.2, 0.25) is 0 Å². The lowest BCUT2D eigenvalue weighted by Crippen LogP contribution is -2.49. The van der Waals surface area contributed by atoms with Crippen LogP contribution in [0, 0.1) is 12.7 Å². The molecule has 0 unspecified atom stereocenters. The van der Waals surface area contributed by atoms with Crippen LogP contribution in [0.4, 0.5) is 15.9 Å². The second-order valence-electron chi connectivity index (χ2n) is 7.34. The van der Waals surface area contributed by atoms with Gasteiger partial charge >= 0.3 is 0 Å². The number of aromatic nitrogens is 2. The van der Waals surface area contributed by atoms with E-state index in [0.29, 0.717) is 31.9 Å². The van der Waals surface area contributed by atoms with Crippen molar-refractivity contribution in [3.05, 3.63) is 46.9 Å². The van der Waals surface area contributed by atoms with E-state index in [0.717, 1.165) is 39.6 Å². The number of carbonyl (C=O) groups excluding carboxylic acids is 1. The zero-order valence-corrected chi connectivity index (χ0v) is 18.4. The maximum Gasteiger partial charge on any atom is 0.264 e. The monoisotopic (exact) mass is 427 g/mol. The summed E-state index contributed by atoms with van der Waals surface area (Å²) in [5.74, 6) is 0.691. The minimum Gasteiger partial charge on any atom is -0.366 e. The molecule has 0 aliphatic carbocycles. The van der Waals surface area contributed by atoms with Crippen LogP contribution in [-0.4, -0.2) is 60.0 Å². The number of hydrogen-bond acceptors (Lipinski definition) is 6. The predicted octanol–water partition coefficient (Wildman–Crippen LogP) is 3.95. The summed E-state index contributed by atoms with van der Waals surface area (Å²) in [6, 6.07) is 6.79. The summed E-state index contributed by atoms with van der Waals surface area (Å²) in [5.41, 5.74) is 1.54. The third-order valence-corrected chi connectivity index (χ3v) is 6.91. The van der Waals surface area contributed by atoms with E-state index in [1.165, 1.54) is 17.4 Å². The minimum absolute atomic E-state index is 0.0224. The highest BCUT2D eigenvalue weighted by Crippen LogP contribution is 2.35. The van der Waals surface area contributed by atoms with Crippen molar-refractivity contribution in [2.75, 3.05) is 49.1 Å². The third kappa shape index (κ3) is 3.60. The van der Waals surface area contributed by atoms with E-state index in [4.69, 9.17) is 0 Å². The first-order chi connectivity index (χ1) is 14.5. The number of para-hydroxylation sites is 1. The number of aryl methyl sites for hydroxylation is 1. The lowest BCUT2D eigenvalue weighted by atomic mass is 10.1. The number of halogens is 1. The molecule has 3 heterocycles. The molecular formula is C22H26FN5OS. The SMILES string of the molecule is CCN(CC)c1ncnc2sc(C(=O)N3CCN(c4ccccc4F)CC3)c(C)c12. The molecule has 3 aromatic rings. The number of benzene rings is 1. The summed E-state index contributed by atoms with van der Waals surface area (Å²) < 4.78 is 14.1. The first-order valence-corrected chi connectivity index (χ1v) is 11.1. The van der Waals surface area contributed by atoms with Gasteiger partial charge in [0.15, 0.2) is 0 Å². The molecule has 0 atom stereocenters. The van der Waals surface area contributed by atoms with Gasteiger partial charge in [-0.05, 0) is 38.5 Å². The van der Waals surface area contributed by atoms with Crippen molar-refractivity contribution in [3.63, 3.8) is 0 Å². The number of rotatable bonds is 5. The number of amides is 1. The van der Waals surface area contributed by atoms with Crippen LogP contribution in [0.25, 0.3) is 10.2 Å². The van der Waals surface area contributed by atoms with Gasteiger partial charge in [-0.3, -0.25) is 4.79 Å². The van der Waals surface area contributed by atoms with Gasteiger partial charge in [0.25, 0.3) is 5.91 Å². The Balaban J connectivity index is 1.57. The molecule has 0 spiro atoms. The molecular weight excluding hydrogens is 401 g/mol. The Labute approximate surface area is 179 Å². The van der Waals surface area contributed by atoms with Crippen molar-refractivity contribution >= 4 is 39.0 Å². The van der Waals surface area contributed by atoms with Gasteiger partial charge in [0.1, 0.15) is 22.8 Å². The van der Waals surface area contributed by atoms with E-state index >= 15 is 0 Å². The summed E-state index contributed by atoms with van der Waals surface area (Å²) in [4.78, 5) is 29.8. The summed E-state index contributed by atoms with van der Waals surface area (Å²) in [7, 11) is 0. The molecule has 4 rings (SSSR count). The van der Waals surface area contributed by atoms with Crippen LogP contribution >= 0.6 is 11.3 Å². The topological polar surface area (TPSA) is 52.6 Å². The van der Waals surface area contributed by atoms with Crippen molar-refractivity contribution in [2.45, 2.75) is 20.8 Å².